The molecule has 0 aromatic rings. The number of amides is 3. The molecule has 0 rings (SSSR count). The van der Waals surface area contributed by atoms with Gasteiger partial charge in [0, 0.05) is 19.2 Å². The van der Waals surface area contributed by atoms with Crippen LogP contribution in [0.5, 0.6) is 0 Å². The van der Waals surface area contributed by atoms with E-state index in [0.29, 0.717) is 6.54 Å². The van der Waals surface area contributed by atoms with Gasteiger partial charge in [-0.2, -0.15) is 0 Å². The van der Waals surface area contributed by atoms with Crippen LogP contribution in [0.25, 0.3) is 0 Å². The number of esters is 1. The van der Waals surface area contributed by atoms with Gasteiger partial charge in [0.25, 0.3) is 5.24 Å². The van der Waals surface area contributed by atoms with Crippen LogP contribution >= 0.6 is 11.8 Å². The molecule has 8 nitrogen and oxygen atoms in total. The molecule has 0 aliphatic heterocycles. The molecule has 3 N–H and O–H groups in total. The third kappa shape index (κ3) is 8.18. The van der Waals surface area contributed by atoms with E-state index in [0.717, 1.165) is 11.8 Å². The maximum Gasteiger partial charge on any atom is 0.328 e. The number of ether oxygens (including phenoxy) is 1. The number of rotatable bonds is 7. The molecule has 120 valence electrons. The molecule has 0 aromatic carbocycles. The second-order valence-electron chi connectivity index (χ2n) is 4.14. The summed E-state index contributed by atoms with van der Waals surface area (Å²) in [6.07, 6.45) is 0. The number of hydrogen-bond donors (Lipinski definition) is 3. The van der Waals surface area contributed by atoms with Crippen LogP contribution in [0.1, 0.15) is 20.8 Å². The SMILES string of the molecule is CCNC(=O)SC[C@H](NC(C)=O)C(=O)N[C@@H](C)C(=O)OC. The fourth-order valence-corrected chi connectivity index (χ4v) is 2.13. The molecule has 0 fully saturated rings. The van der Waals surface area contributed by atoms with Crippen molar-refractivity contribution in [3.05, 3.63) is 0 Å². The third-order valence-electron chi connectivity index (χ3n) is 2.31. The van der Waals surface area contributed by atoms with Crippen molar-refractivity contribution >= 4 is 34.8 Å². The topological polar surface area (TPSA) is 114 Å². The minimum Gasteiger partial charge on any atom is -0.467 e. The molecular weight excluding hydrogens is 298 g/mol. The zero-order chi connectivity index (χ0) is 16.4. The molecule has 0 saturated heterocycles. The van der Waals surface area contributed by atoms with Crippen molar-refractivity contribution in [1.29, 1.82) is 0 Å². The molecule has 0 spiro atoms. The van der Waals surface area contributed by atoms with Crippen molar-refractivity contribution < 1.29 is 23.9 Å². The van der Waals surface area contributed by atoms with Gasteiger partial charge in [-0.25, -0.2) is 4.79 Å². The number of carbonyl (C=O) groups excluding carboxylic acids is 4. The number of methoxy groups -OCH3 is 1. The van der Waals surface area contributed by atoms with Crippen LogP contribution < -0.4 is 16.0 Å². The molecule has 0 saturated carbocycles. The summed E-state index contributed by atoms with van der Waals surface area (Å²) in [6, 6.07) is -1.75. The lowest BCUT2D eigenvalue weighted by molar-refractivity contribution is -0.144. The number of hydrogen-bond acceptors (Lipinski definition) is 6. The first-order valence-corrected chi connectivity index (χ1v) is 7.36. The monoisotopic (exact) mass is 319 g/mol. The molecule has 0 aliphatic rings. The second-order valence-corrected chi connectivity index (χ2v) is 5.13. The van der Waals surface area contributed by atoms with Crippen LogP contribution in [0.4, 0.5) is 4.79 Å². The van der Waals surface area contributed by atoms with Gasteiger partial charge in [-0.3, -0.25) is 14.4 Å². The zero-order valence-corrected chi connectivity index (χ0v) is 13.3. The van der Waals surface area contributed by atoms with Gasteiger partial charge in [0.15, 0.2) is 0 Å². The summed E-state index contributed by atoms with van der Waals surface area (Å²) in [5.41, 5.74) is 0. The van der Waals surface area contributed by atoms with Gasteiger partial charge in [-0.1, -0.05) is 11.8 Å². The number of thioether (sulfide) groups is 1. The quantitative estimate of drug-likeness (QED) is 0.552. The van der Waals surface area contributed by atoms with E-state index in [-0.39, 0.29) is 11.0 Å². The molecule has 21 heavy (non-hydrogen) atoms. The molecule has 0 bridgehead atoms. The minimum absolute atomic E-state index is 0.0607. The van der Waals surface area contributed by atoms with E-state index in [4.69, 9.17) is 0 Å². The Morgan fingerprint density at radius 3 is 2.29 bits per heavy atom. The predicted molar refractivity (Wildman–Crippen MR) is 78.8 cm³/mol. The van der Waals surface area contributed by atoms with Crippen LogP contribution in [0.3, 0.4) is 0 Å². The summed E-state index contributed by atoms with van der Waals surface area (Å²) in [5.74, 6) is -1.50. The van der Waals surface area contributed by atoms with E-state index in [1.165, 1.54) is 21.0 Å². The van der Waals surface area contributed by atoms with Crippen molar-refractivity contribution in [3.8, 4) is 0 Å². The fourth-order valence-electron chi connectivity index (χ4n) is 1.33. The maximum absolute atomic E-state index is 12.0. The van der Waals surface area contributed by atoms with Gasteiger partial charge in [0.1, 0.15) is 12.1 Å². The first kappa shape index (κ1) is 19.2. The summed E-state index contributed by atoms with van der Waals surface area (Å²) in [5, 5.41) is 7.13. The molecule has 0 unspecified atom stereocenters. The van der Waals surface area contributed by atoms with Gasteiger partial charge in [0.2, 0.25) is 11.8 Å². The van der Waals surface area contributed by atoms with E-state index < -0.39 is 29.9 Å². The van der Waals surface area contributed by atoms with Crippen LogP contribution in [0.2, 0.25) is 0 Å². The Balaban J connectivity index is 4.58. The minimum atomic E-state index is -0.915. The smallest absolute Gasteiger partial charge is 0.328 e. The highest BCUT2D eigenvalue weighted by Crippen LogP contribution is 2.05. The van der Waals surface area contributed by atoms with Crippen molar-refractivity contribution in [2.75, 3.05) is 19.4 Å². The molecule has 0 heterocycles. The van der Waals surface area contributed by atoms with Crippen molar-refractivity contribution in [2.45, 2.75) is 32.9 Å². The van der Waals surface area contributed by atoms with Gasteiger partial charge in [-0.15, -0.1) is 0 Å². The first-order valence-electron chi connectivity index (χ1n) is 6.37. The molecule has 0 radical (unpaired) electrons. The summed E-state index contributed by atoms with van der Waals surface area (Å²) >= 11 is 0.879. The van der Waals surface area contributed by atoms with Crippen LogP contribution in [0.15, 0.2) is 0 Å². The van der Waals surface area contributed by atoms with Gasteiger partial charge >= 0.3 is 5.97 Å². The Morgan fingerprint density at radius 2 is 1.81 bits per heavy atom. The highest BCUT2D eigenvalue weighted by atomic mass is 32.2. The highest BCUT2D eigenvalue weighted by molar-refractivity contribution is 8.13. The zero-order valence-electron chi connectivity index (χ0n) is 12.5. The third-order valence-corrected chi connectivity index (χ3v) is 3.22. The molecule has 2 atom stereocenters. The van der Waals surface area contributed by atoms with Crippen molar-refractivity contribution in [2.24, 2.45) is 0 Å². The Labute approximate surface area is 127 Å². The van der Waals surface area contributed by atoms with E-state index in [9.17, 15) is 19.2 Å². The van der Waals surface area contributed by atoms with E-state index in [1.807, 2.05) is 0 Å². The molecule has 0 aromatic heterocycles. The summed E-state index contributed by atoms with van der Waals surface area (Å²) in [4.78, 5) is 45.7. The standard InChI is InChI=1S/C12H21N3O5S/c1-5-13-12(19)21-6-9(15-8(3)16)10(17)14-7(2)11(18)20-4/h7,9H,5-6H2,1-4H3,(H,13,19)(H,14,17)(H,15,16)/t7-,9-/m0/s1. The van der Waals surface area contributed by atoms with Gasteiger partial charge < -0.3 is 20.7 Å². The normalized spacial score (nSPS) is 12.8. The maximum atomic E-state index is 12.0. The molecule has 3 amide bonds. The Kier molecular flexibility index (Phi) is 9.18. The molecule has 0 aliphatic carbocycles. The van der Waals surface area contributed by atoms with E-state index in [1.54, 1.807) is 6.92 Å². The average Bonchev–Trinajstić information content (AvgIpc) is 2.42. The predicted octanol–water partition coefficient (Wildman–Crippen LogP) is -0.368. The Bertz CT molecular complexity index is 402. The summed E-state index contributed by atoms with van der Waals surface area (Å²) in [7, 11) is 1.21. The van der Waals surface area contributed by atoms with Crippen molar-refractivity contribution in [1.82, 2.24) is 16.0 Å². The molecular formula is C12H21N3O5S. The lowest BCUT2D eigenvalue weighted by Crippen LogP contribution is -2.52. The largest absolute Gasteiger partial charge is 0.467 e. The van der Waals surface area contributed by atoms with Crippen LogP contribution in [-0.4, -0.2) is 54.5 Å². The average molecular weight is 319 g/mol. The number of nitrogens with one attached hydrogen (secondary N) is 3. The first-order chi connectivity index (χ1) is 9.81. The van der Waals surface area contributed by atoms with Crippen molar-refractivity contribution in [3.63, 3.8) is 0 Å². The summed E-state index contributed by atoms with van der Waals surface area (Å²) < 4.78 is 4.49. The van der Waals surface area contributed by atoms with Crippen LogP contribution in [0, 0.1) is 0 Å². The lowest BCUT2D eigenvalue weighted by atomic mass is 10.2. The van der Waals surface area contributed by atoms with E-state index in [2.05, 4.69) is 20.7 Å². The molecule has 9 heteroatoms. The number of carbonyl (C=O) groups is 4. The van der Waals surface area contributed by atoms with E-state index >= 15 is 0 Å². The van der Waals surface area contributed by atoms with Gasteiger partial charge in [-0.05, 0) is 13.8 Å². The van der Waals surface area contributed by atoms with Crippen LogP contribution in [-0.2, 0) is 19.1 Å². The summed E-state index contributed by atoms with van der Waals surface area (Å²) in [6.45, 7) is 4.98. The van der Waals surface area contributed by atoms with Gasteiger partial charge in [0.05, 0.1) is 7.11 Å². The second kappa shape index (κ2) is 10.0. The fraction of sp³-hybridized carbons (Fsp3) is 0.667. The highest BCUT2D eigenvalue weighted by Gasteiger charge is 2.24. The lowest BCUT2D eigenvalue weighted by Gasteiger charge is -2.19. The Hall–Kier alpha value is -1.77. The Morgan fingerprint density at radius 1 is 1.19 bits per heavy atom.